The molecule has 0 aromatic rings. The van der Waals surface area contributed by atoms with Gasteiger partial charge in [0.25, 0.3) is 0 Å². The fourth-order valence-electron chi connectivity index (χ4n) is 0. The first kappa shape index (κ1) is 73.2. The van der Waals surface area contributed by atoms with E-state index in [4.69, 9.17) is 0 Å². The average Bonchev–Trinajstić information content (AvgIpc) is 0. The zero-order valence-corrected chi connectivity index (χ0v) is 19.7. The topological polar surface area (TPSA) is 85.5 Å². The molecule has 0 aromatic carbocycles. The number of rotatable bonds is 0. The number of hydrogen-bond acceptors (Lipinski definition) is 0. The van der Waals surface area contributed by atoms with Gasteiger partial charge in [-0.1, -0.05) is 0 Å². The molecule has 0 fully saturated rings. The first-order valence-corrected chi connectivity index (χ1v) is 0. The quantitative estimate of drug-likeness (QED) is 0.320. The molecule has 0 aliphatic rings. The normalized spacial score (nSPS) is 0. The van der Waals surface area contributed by atoms with Gasteiger partial charge >= 0.3 is 79.9 Å². The van der Waals surface area contributed by atoms with Crippen molar-refractivity contribution < 1.29 is 232 Å². The maximum atomic E-state index is 0. The second kappa shape index (κ2) is 59.8. The SMILES string of the molecule is [Ce].[Ce].[Gd+3].[Gd+3].[O-2].[O-2].[O-2].[Zr].[Zr]. The molecule has 0 aliphatic heterocycles. The maximum Gasteiger partial charge on any atom is 3.00 e. The Hall–Kier alpha value is 7.05. The molecule has 2 radical (unpaired) electrons. The Morgan fingerprint density at radius 2 is 0.444 bits per heavy atom. The van der Waals surface area contributed by atoms with E-state index >= 15 is 0 Å². The molecule has 0 N–H and O–H groups in total. The molecule has 0 saturated heterocycles. The Morgan fingerprint density at radius 1 is 0.444 bits per heavy atom. The molecule has 0 heterocycles. The summed E-state index contributed by atoms with van der Waals surface area (Å²) in [7, 11) is 0. The van der Waals surface area contributed by atoms with Crippen LogP contribution in [0.2, 0.25) is 0 Å². The van der Waals surface area contributed by atoms with Gasteiger partial charge in [-0.15, -0.1) is 0 Å². The zero-order valence-electron chi connectivity index (χ0n) is 3.93. The maximum absolute atomic E-state index is 0. The van der Waals surface area contributed by atoms with Crippen LogP contribution in [0, 0.1) is 163 Å². The molecule has 0 rings (SSSR count). The molecular formula is Ce2Gd2O3Zr2. The van der Waals surface area contributed by atoms with Gasteiger partial charge in [0.15, 0.2) is 0 Å². The van der Waals surface area contributed by atoms with E-state index in [-0.39, 0.29) is 232 Å². The number of hydrogen-bond donors (Lipinski definition) is 0. The summed E-state index contributed by atoms with van der Waals surface area (Å²) in [5.41, 5.74) is 0. The summed E-state index contributed by atoms with van der Waals surface area (Å²) < 4.78 is 0. The Bertz CT molecular complexity index is 17.8. The van der Waals surface area contributed by atoms with Gasteiger partial charge in [-0.3, -0.25) is 0 Å². The Morgan fingerprint density at radius 3 is 0.444 bits per heavy atom. The van der Waals surface area contributed by atoms with Crippen molar-refractivity contribution >= 4 is 0 Å². The molecule has 9 heteroatoms. The van der Waals surface area contributed by atoms with Gasteiger partial charge in [-0.25, -0.2) is 0 Å². The van der Waals surface area contributed by atoms with Crippen molar-refractivity contribution in [2.45, 2.75) is 0 Å². The van der Waals surface area contributed by atoms with E-state index < -0.39 is 0 Å². The predicted octanol–water partition coefficient (Wildman–Crippen LogP) is -0.361. The Kier molecular flexibility index (Phi) is 486. The van der Waals surface area contributed by atoms with Gasteiger partial charge in [0.2, 0.25) is 0 Å². The van der Waals surface area contributed by atoms with Crippen LogP contribution in [-0.2, 0) is 68.8 Å². The standard InChI is InChI=1S/2Ce.2Gd.3O.2Zr/q;;2*+3;3*-2;;. The van der Waals surface area contributed by atoms with E-state index in [1.165, 1.54) is 0 Å². The van der Waals surface area contributed by atoms with E-state index in [0.717, 1.165) is 0 Å². The van der Waals surface area contributed by atoms with Crippen molar-refractivity contribution in [1.29, 1.82) is 0 Å². The van der Waals surface area contributed by atoms with Gasteiger partial charge < -0.3 is 16.4 Å². The Balaban J connectivity index is 0. The second-order valence-electron chi connectivity index (χ2n) is 0. The summed E-state index contributed by atoms with van der Waals surface area (Å²) in [5.74, 6) is 0. The summed E-state index contributed by atoms with van der Waals surface area (Å²) >= 11 is 0. The van der Waals surface area contributed by atoms with Crippen molar-refractivity contribution in [2.24, 2.45) is 0 Å². The Labute approximate surface area is 224 Å². The first-order valence-electron chi connectivity index (χ1n) is 0. The van der Waals surface area contributed by atoms with Crippen molar-refractivity contribution in [3.8, 4) is 0 Å². The van der Waals surface area contributed by atoms with Crippen LogP contribution in [0.4, 0.5) is 0 Å². The van der Waals surface area contributed by atoms with Crippen LogP contribution in [0.3, 0.4) is 0 Å². The minimum absolute atomic E-state index is 0. The van der Waals surface area contributed by atoms with E-state index in [1.54, 1.807) is 0 Å². The molecule has 0 spiro atoms. The third-order valence-corrected chi connectivity index (χ3v) is 0. The summed E-state index contributed by atoms with van der Waals surface area (Å²) in [6, 6.07) is 0. The fraction of sp³-hybridized carbons (Fsp3) is 0. The fourth-order valence-corrected chi connectivity index (χ4v) is 0. The van der Waals surface area contributed by atoms with Crippen LogP contribution in [0.25, 0.3) is 0 Å². The van der Waals surface area contributed by atoms with Gasteiger partial charge in [-0.05, 0) is 0 Å². The van der Waals surface area contributed by atoms with Crippen LogP contribution < -0.4 is 0 Å². The van der Waals surface area contributed by atoms with E-state index in [9.17, 15) is 0 Å². The predicted molar refractivity (Wildman–Crippen MR) is 2.06 cm³/mol. The van der Waals surface area contributed by atoms with Gasteiger partial charge in [0.05, 0.1) is 0 Å². The molecule has 9 heavy (non-hydrogen) atoms. The third-order valence-electron chi connectivity index (χ3n) is 0. The van der Waals surface area contributed by atoms with E-state index in [0.29, 0.717) is 0 Å². The van der Waals surface area contributed by atoms with Crippen LogP contribution >= 0.6 is 0 Å². The average molecular weight is 825 g/mol. The summed E-state index contributed by atoms with van der Waals surface area (Å²) in [6.07, 6.45) is 0. The van der Waals surface area contributed by atoms with Crippen LogP contribution in [-0.4, -0.2) is 0 Å². The largest absolute Gasteiger partial charge is 3.00 e. The summed E-state index contributed by atoms with van der Waals surface area (Å²) in [6.45, 7) is 0. The molecule has 3 nitrogen and oxygen atoms in total. The minimum Gasteiger partial charge on any atom is -2.00 e. The van der Waals surface area contributed by atoms with Crippen LogP contribution in [0.5, 0.6) is 0 Å². The van der Waals surface area contributed by atoms with Crippen LogP contribution in [0.15, 0.2) is 0 Å². The van der Waals surface area contributed by atoms with Gasteiger partial charge in [0, 0.05) is 136 Å². The zero-order chi connectivity index (χ0) is 0. The van der Waals surface area contributed by atoms with Crippen molar-refractivity contribution in [3.05, 3.63) is 0 Å². The molecular weight excluding hydrogens is 825 g/mol. The first-order chi connectivity index (χ1) is 0. The summed E-state index contributed by atoms with van der Waals surface area (Å²) in [5, 5.41) is 0. The van der Waals surface area contributed by atoms with E-state index in [1.807, 2.05) is 0 Å². The van der Waals surface area contributed by atoms with Gasteiger partial charge in [0.1, 0.15) is 0 Å². The molecule has 50 valence electrons. The van der Waals surface area contributed by atoms with Crippen molar-refractivity contribution in [2.75, 3.05) is 0 Å². The second-order valence-corrected chi connectivity index (χ2v) is 0. The molecule has 0 bridgehead atoms. The summed E-state index contributed by atoms with van der Waals surface area (Å²) in [4.78, 5) is 0. The monoisotopic (exact) mass is 823 g/mol. The van der Waals surface area contributed by atoms with Crippen molar-refractivity contribution in [1.82, 2.24) is 0 Å². The third kappa shape index (κ3) is 51.6. The molecule has 0 unspecified atom stereocenters. The van der Waals surface area contributed by atoms with Gasteiger partial charge in [-0.2, -0.15) is 0 Å². The molecule has 0 saturated carbocycles. The smallest absolute Gasteiger partial charge is 2.00 e. The molecule has 0 aliphatic carbocycles. The van der Waals surface area contributed by atoms with E-state index in [2.05, 4.69) is 0 Å². The molecule has 0 atom stereocenters. The van der Waals surface area contributed by atoms with Crippen molar-refractivity contribution in [3.63, 3.8) is 0 Å². The molecule has 0 amide bonds. The minimum atomic E-state index is 0. The molecule has 0 aromatic heterocycles. The van der Waals surface area contributed by atoms with Crippen LogP contribution in [0.1, 0.15) is 0 Å².